The lowest BCUT2D eigenvalue weighted by atomic mass is 10.1. The summed E-state index contributed by atoms with van der Waals surface area (Å²) in [5.74, 6) is -1.05. The second-order valence-corrected chi connectivity index (χ2v) is 7.65. The van der Waals surface area contributed by atoms with Gasteiger partial charge in [0, 0.05) is 36.8 Å². The van der Waals surface area contributed by atoms with Crippen molar-refractivity contribution < 1.29 is 27.1 Å². The van der Waals surface area contributed by atoms with Gasteiger partial charge in [0.2, 0.25) is 0 Å². The van der Waals surface area contributed by atoms with Crippen LogP contribution in [0.5, 0.6) is 0 Å². The lowest BCUT2D eigenvalue weighted by molar-refractivity contribution is -0.139. The first-order valence-electron chi connectivity index (χ1n) is 9.62. The quantitative estimate of drug-likeness (QED) is 0.527. The number of carbonyl (C=O) groups excluding carboxylic acids is 1. The van der Waals surface area contributed by atoms with Gasteiger partial charge in [-0.05, 0) is 36.2 Å². The number of alkyl halides is 3. The Morgan fingerprint density at radius 2 is 1.97 bits per heavy atom. The summed E-state index contributed by atoms with van der Waals surface area (Å²) in [4.78, 5) is 18.7. The maximum Gasteiger partial charge on any atom is 0.406 e. The van der Waals surface area contributed by atoms with Gasteiger partial charge in [-0.3, -0.25) is 4.79 Å². The minimum absolute atomic E-state index is 0.000366. The van der Waals surface area contributed by atoms with E-state index in [0.29, 0.717) is 49.2 Å². The van der Waals surface area contributed by atoms with E-state index in [1.165, 1.54) is 24.4 Å². The minimum Gasteiger partial charge on any atom is -0.380 e. The van der Waals surface area contributed by atoms with E-state index < -0.39 is 18.5 Å². The Labute approximate surface area is 180 Å². The Morgan fingerprint density at radius 1 is 1.16 bits per heavy atom. The topological polar surface area (TPSA) is 47.4 Å². The highest BCUT2D eigenvalue weighted by atomic mass is 35.5. The number of hydrogen-bond acceptors (Lipinski definition) is 3. The van der Waals surface area contributed by atoms with Crippen LogP contribution in [0.15, 0.2) is 36.5 Å². The first-order chi connectivity index (χ1) is 14.7. The molecular formula is C21H18ClF4N3O2. The number of benzene rings is 1. The number of carbonyl (C=O) groups is 1. The number of fused-ring (bicyclic) bond motifs is 1. The lowest BCUT2D eigenvalue weighted by Crippen LogP contribution is -2.33. The summed E-state index contributed by atoms with van der Waals surface area (Å²) < 4.78 is 59.8. The highest BCUT2D eigenvalue weighted by molar-refractivity contribution is 6.30. The van der Waals surface area contributed by atoms with Crippen LogP contribution in [0.2, 0.25) is 5.02 Å². The van der Waals surface area contributed by atoms with Crippen LogP contribution in [-0.2, 0) is 11.3 Å². The van der Waals surface area contributed by atoms with Gasteiger partial charge in [0.05, 0.1) is 11.6 Å². The van der Waals surface area contributed by atoms with Gasteiger partial charge in [-0.1, -0.05) is 17.7 Å². The van der Waals surface area contributed by atoms with Crippen LogP contribution in [0.3, 0.4) is 0 Å². The van der Waals surface area contributed by atoms with Gasteiger partial charge in [-0.15, -0.1) is 0 Å². The predicted molar refractivity (Wildman–Crippen MR) is 108 cm³/mol. The second-order valence-electron chi connectivity index (χ2n) is 7.24. The van der Waals surface area contributed by atoms with Crippen LogP contribution in [0, 0.1) is 5.82 Å². The van der Waals surface area contributed by atoms with Crippen molar-refractivity contribution in [1.29, 1.82) is 0 Å². The largest absolute Gasteiger partial charge is 0.406 e. The average Bonchev–Trinajstić information content (AvgIpc) is 2.89. The van der Waals surface area contributed by atoms with E-state index in [1.807, 2.05) is 0 Å². The molecule has 0 aliphatic carbocycles. The molecule has 1 amide bonds. The number of nitrogens with zero attached hydrogens (tertiary/aromatic N) is 3. The molecule has 1 aromatic carbocycles. The Balaban J connectivity index is 1.80. The minimum atomic E-state index is -4.50. The Bertz CT molecular complexity index is 1120. The maximum atomic E-state index is 14.0. The van der Waals surface area contributed by atoms with Crippen molar-refractivity contribution in [1.82, 2.24) is 14.5 Å². The van der Waals surface area contributed by atoms with Crippen molar-refractivity contribution in [3.8, 4) is 11.1 Å². The molecule has 164 valence electrons. The zero-order chi connectivity index (χ0) is 22.2. The normalized spacial score (nSPS) is 15.3. The summed E-state index contributed by atoms with van der Waals surface area (Å²) in [6, 6.07) is 7.04. The lowest BCUT2D eigenvalue weighted by Gasteiger charge is -2.19. The van der Waals surface area contributed by atoms with Gasteiger partial charge >= 0.3 is 6.18 Å². The smallest absolute Gasteiger partial charge is 0.380 e. The number of aromatic nitrogens is 2. The van der Waals surface area contributed by atoms with E-state index in [0.717, 1.165) is 10.6 Å². The number of hydrogen-bond donors (Lipinski definition) is 0. The first kappa shape index (κ1) is 21.6. The standard InChI is InChI=1S/C21H18ClF4N3O2/c22-16-4-2-13(10-17(16)23)15-11-29(12-21(24,25)26)19-14(15)3-5-18(27-19)20(30)28-6-1-8-31-9-7-28/h2-5,10-11H,1,6-9,12H2. The van der Waals surface area contributed by atoms with Crippen molar-refractivity contribution >= 4 is 28.5 Å². The van der Waals surface area contributed by atoms with Crippen molar-refractivity contribution in [2.75, 3.05) is 26.3 Å². The molecule has 1 fully saturated rings. The molecule has 4 rings (SSSR count). The Hall–Kier alpha value is -2.65. The summed E-state index contributed by atoms with van der Waals surface area (Å²) in [5, 5.41) is 0.289. The number of ether oxygens (including phenoxy) is 1. The van der Waals surface area contributed by atoms with Crippen LogP contribution in [0.1, 0.15) is 16.9 Å². The van der Waals surface area contributed by atoms with Crippen molar-refractivity contribution in [2.45, 2.75) is 19.1 Å². The van der Waals surface area contributed by atoms with E-state index in [9.17, 15) is 22.4 Å². The molecule has 0 spiro atoms. The van der Waals surface area contributed by atoms with Crippen LogP contribution >= 0.6 is 11.6 Å². The predicted octanol–water partition coefficient (Wildman–Crippen LogP) is 4.92. The fourth-order valence-corrected chi connectivity index (χ4v) is 3.72. The maximum absolute atomic E-state index is 14.0. The third-order valence-corrected chi connectivity index (χ3v) is 5.34. The van der Waals surface area contributed by atoms with E-state index in [1.54, 1.807) is 11.0 Å². The summed E-state index contributed by atoms with van der Waals surface area (Å²) in [5.41, 5.74) is 0.771. The van der Waals surface area contributed by atoms with Gasteiger partial charge in [0.1, 0.15) is 23.7 Å². The van der Waals surface area contributed by atoms with E-state index >= 15 is 0 Å². The van der Waals surface area contributed by atoms with Gasteiger partial charge < -0.3 is 14.2 Å². The fraction of sp³-hybridized carbons (Fsp3) is 0.333. The number of pyridine rings is 1. The number of rotatable bonds is 3. The molecule has 0 unspecified atom stereocenters. The molecule has 1 aliphatic rings. The molecule has 0 bridgehead atoms. The first-order valence-corrected chi connectivity index (χ1v) is 10.00. The summed E-state index contributed by atoms with van der Waals surface area (Å²) in [6.07, 6.45) is -2.56. The van der Waals surface area contributed by atoms with Gasteiger partial charge in [-0.2, -0.15) is 13.2 Å². The Morgan fingerprint density at radius 3 is 2.71 bits per heavy atom. The molecule has 1 aliphatic heterocycles. The van der Waals surface area contributed by atoms with E-state index in [2.05, 4.69) is 4.98 Å². The van der Waals surface area contributed by atoms with Crippen LogP contribution in [0.25, 0.3) is 22.2 Å². The SMILES string of the molecule is O=C(c1ccc2c(-c3ccc(Cl)c(F)c3)cn(CC(F)(F)F)c2n1)N1CCCOCC1. The highest BCUT2D eigenvalue weighted by Gasteiger charge is 2.30. The van der Waals surface area contributed by atoms with Crippen molar-refractivity contribution in [3.05, 3.63) is 53.1 Å². The molecule has 5 nitrogen and oxygen atoms in total. The summed E-state index contributed by atoms with van der Waals surface area (Å²) in [7, 11) is 0. The van der Waals surface area contributed by atoms with E-state index in [4.69, 9.17) is 16.3 Å². The molecule has 0 atom stereocenters. The second kappa shape index (κ2) is 8.47. The molecule has 2 aromatic heterocycles. The number of halogens is 5. The molecule has 1 saturated heterocycles. The fourth-order valence-electron chi connectivity index (χ4n) is 3.60. The number of amides is 1. The molecule has 0 N–H and O–H groups in total. The summed E-state index contributed by atoms with van der Waals surface area (Å²) in [6.45, 7) is 0.521. The van der Waals surface area contributed by atoms with Crippen molar-refractivity contribution in [2.24, 2.45) is 0 Å². The highest BCUT2D eigenvalue weighted by Crippen LogP contribution is 2.33. The molecule has 0 saturated carbocycles. The third-order valence-electron chi connectivity index (χ3n) is 5.03. The van der Waals surface area contributed by atoms with Crippen LogP contribution in [0.4, 0.5) is 17.6 Å². The Kier molecular flexibility index (Phi) is 5.90. The van der Waals surface area contributed by atoms with Gasteiger partial charge in [-0.25, -0.2) is 9.37 Å². The molecule has 3 heterocycles. The van der Waals surface area contributed by atoms with Crippen molar-refractivity contribution in [3.63, 3.8) is 0 Å². The third kappa shape index (κ3) is 4.67. The van der Waals surface area contributed by atoms with E-state index in [-0.39, 0.29) is 22.3 Å². The molecule has 3 aromatic rings. The molecular weight excluding hydrogens is 438 g/mol. The zero-order valence-electron chi connectivity index (χ0n) is 16.3. The van der Waals surface area contributed by atoms with Crippen LogP contribution in [-0.4, -0.2) is 52.8 Å². The zero-order valence-corrected chi connectivity index (χ0v) is 17.0. The average molecular weight is 456 g/mol. The summed E-state index contributed by atoms with van der Waals surface area (Å²) >= 11 is 5.73. The molecule has 31 heavy (non-hydrogen) atoms. The van der Waals surface area contributed by atoms with Gasteiger partial charge in [0.15, 0.2) is 0 Å². The monoisotopic (exact) mass is 455 g/mol. The molecule has 0 radical (unpaired) electrons. The van der Waals surface area contributed by atoms with Crippen LogP contribution < -0.4 is 0 Å². The molecule has 10 heteroatoms. The van der Waals surface area contributed by atoms with Gasteiger partial charge in [0.25, 0.3) is 5.91 Å².